The average molecular weight is 612 g/mol. The molecule has 4 fully saturated rings. The topological polar surface area (TPSA) is 108 Å². The van der Waals surface area contributed by atoms with Crippen LogP contribution in [0, 0.1) is 5.41 Å². The van der Waals surface area contributed by atoms with E-state index in [1.54, 1.807) is 0 Å². The van der Waals surface area contributed by atoms with E-state index in [1.165, 1.54) is 12.4 Å². The molecule has 0 saturated heterocycles. The second-order valence-corrected chi connectivity index (χ2v) is 12.1. The molecule has 2 bridgehead atoms. The molecule has 218 valence electrons. The average Bonchev–Trinajstić information content (AvgIpc) is 3.71. The number of ether oxygens (including phenoxy) is 2. The summed E-state index contributed by atoms with van der Waals surface area (Å²) in [7, 11) is 0. The van der Waals surface area contributed by atoms with Gasteiger partial charge in [-0.3, -0.25) is 4.98 Å². The molecule has 0 aliphatic heterocycles. The summed E-state index contributed by atoms with van der Waals surface area (Å²) in [6.45, 7) is 0.337. The molecule has 13 heteroatoms. The molecule has 1 N–H and O–H groups in total. The van der Waals surface area contributed by atoms with Crippen LogP contribution >= 0.6 is 23.2 Å². The predicted octanol–water partition coefficient (Wildman–Crippen LogP) is 7.72. The highest BCUT2D eigenvalue weighted by Crippen LogP contribution is 2.55. The van der Waals surface area contributed by atoms with Gasteiger partial charge in [0.2, 0.25) is 5.88 Å². The standard InChI is InChI=1S/C28H26Cl2F3N3O5/c29-19-11-34-12-20(30)21(19)22-17(23(41-36-22)15-1-2-15)13-40-27-6-3-26(4-7-27,5-8-27)14-39-24-18(28(31,32)33)9-16(10-35-24)25(37)38/h9-12,15H,1-8,13-14H2,(H,37,38). The highest BCUT2D eigenvalue weighted by atomic mass is 35.5. The van der Waals surface area contributed by atoms with Gasteiger partial charge in [0.25, 0.3) is 0 Å². The van der Waals surface area contributed by atoms with Gasteiger partial charge in [0.15, 0.2) is 0 Å². The van der Waals surface area contributed by atoms with E-state index in [1.807, 2.05) is 0 Å². The molecule has 0 radical (unpaired) electrons. The Kier molecular flexibility index (Phi) is 7.18. The molecule has 3 aromatic rings. The Morgan fingerprint density at radius 3 is 2.32 bits per heavy atom. The van der Waals surface area contributed by atoms with Gasteiger partial charge in [-0.25, -0.2) is 9.78 Å². The monoisotopic (exact) mass is 611 g/mol. The number of hydrogen-bond donors (Lipinski definition) is 1. The lowest BCUT2D eigenvalue weighted by Crippen LogP contribution is -2.49. The van der Waals surface area contributed by atoms with Crippen LogP contribution in [0.2, 0.25) is 10.0 Å². The molecule has 3 aromatic heterocycles. The Hall–Kier alpha value is -2.89. The zero-order chi connectivity index (χ0) is 29.0. The quantitative estimate of drug-likeness (QED) is 0.262. The molecular weight excluding hydrogens is 586 g/mol. The van der Waals surface area contributed by atoms with Gasteiger partial charge in [0, 0.05) is 41.1 Å². The van der Waals surface area contributed by atoms with E-state index in [-0.39, 0.29) is 30.1 Å². The number of carboxylic acid groups (broad SMARTS) is 1. The number of alkyl halides is 3. The summed E-state index contributed by atoms with van der Waals surface area (Å²) in [6, 6.07) is 0.560. The van der Waals surface area contributed by atoms with Crippen molar-refractivity contribution in [1.29, 1.82) is 0 Å². The fourth-order valence-corrected chi connectivity index (χ4v) is 6.50. The summed E-state index contributed by atoms with van der Waals surface area (Å²) >= 11 is 12.8. The predicted molar refractivity (Wildman–Crippen MR) is 141 cm³/mol. The van der Waals surface area contributed by atoms with Gasteiger partial charge in [-0.2, -0.15) is 13.2 Å². The van der Waals surface area contributed by atoms with E-state index in [0.29, 0.717) is 27.4 Å². The molecular formula is C28H26Cl2F3N3O5. The second-order valence-electron chi connectivity index (χ2n) is 11.3. The van der Waals surface area contributed by atoms with Crippen molar-refractivity contribution in [2.24, 2.45) is 5.41 Å². The SMILES string of the molecule is O=C(O)c1cnc(OCC23CCC(OCc4c(-c5c(Cl)cncc5Cl)noc4C4CC4)(CC2)CC3)c(C(F)(F)F)c1. The van der Waals surface area contributed by atoms with E-state index < -0.39 is 29.2 Å². The first-order chi connectivity index (χ1) is 19.5. The minimum atomic E-state index is -4.79. The lowest BCUT2D eigenvalue weighted by Gasteiger charge is -2.52. The van der Waals surface area contributed by atoms with Crippen LogP contribution in [0.25, 0.3) is 11.3 Å². The van der Waals surface area contributed by atoms with Crippen LogP contribution in [0.3, 0.4) is 0 Å². The Morgan fingerprint density at radius 2 is 1.73 bits per heavy atom. The Balaban J connectivity index is 1.14. The van der Waals surface area contributed by atoms with E-state index in [4.69, 9.17) is 42.3 Å². The summed E-state index contributed by atoms with van der Waals surface area (Å²) in [6.07, 6.45) is 5.46. The normalized spacial score (nSPS) is 24.0. The van der Waals surface area contributed by atoms with E-state index >= 15 is 0 Å². The maximum Gasteiger partial charge on any atom is 0.421 e. The van der Waals surface area contributed by atoms with Crippen molar-refractivity contribution in [3.8, 4) is 17.1 Å². The van der Waals surface area contributed by atoms with Gasteiger partial charge in [-0.1, -0.05) is 28.4 Å². The number of halogens is 5. The fraction of sp³-hybridized carbons (Fsp3) is 0.500. The molecule has 7 rings (SSSR count). The molecule has 4 saturated carbocycles. The van der Waals surface area contributed by atoms with Gasteiger partial charge in [0.1, 0.15) is 17.0 Å². The molecule has 4 aliphatic rings. The van der Waals surface area contributed by atoms with Gasteiger partial charge in [-0.05, 0) is 57.4 Å². The maximum absolute atomic E-state index is 13.6. The minimum Gasteiger partial charge on any atom is -0.478 e. The minimum absolute atomic E-state index is 0.0618. The zero-order valence-corrected chi connectivity index (χ0v) is 23.3. The lowest BCUT2D eigenvalue weighted by molar-refractivity contribution is -0.152. The Morgan fingerprint density at radius 1 is 1.07 bits per heavy atom. The molecule has 41 heavy (non-hydrogen) atoms. The van der Waals surface area contributed by atoms with Gasteiger partial charge >= 0.3 is 12.1 Å². The summed E-state index contributed by atoms with van der Waals surface area (Å²) < 4.78 is 58.8. The lowest BCUT2D eigenvalue weighted by atomic mass is 9.59. The number of hydrogen-bond acceptors (Lipinski definition) is 7. The van der Waals surface area contributed by atoms with Crippen molar-refractivity contribution in [1.82, 2.24) is 15.1 Å². The number of aromatic nitrogens is 3. The zero-order valence-electron chi connectivity index (χ0n) is 21.8. The number of aromatic carboxylic acids is 1. The molecule has 4 aliphatic carbocycles. The second kappa shape index (κ2) is 10.4. The summed E-state index contributed by atoms with van der Waals surface area (Å²) in [5.41, 5.74) is -0.475. The number of fused-ring (bicyclic) bond motifs is 3. The fourth-order valence-electron chi connectivity index (χ4n) is 5.96. The number of carboxylic acids is 1. The Labute approximate surface area is 243 Å². The number of nitrogens with zero attached hydrogens (tertiary/aromatic N) is 3. The van der Waals surface area contributed by atoms with Gasteiger partial charge < -0.3 is 19.1 Å². The number of carbonyl (C=O) groups is 1. The molecule has 0 unspecified atom stereocenters. The highest BCUT2D eigenvalue weighted by Gasteiger charge is 2.50. The van der Waals surface area contributed by atoms with Crippen LogP contribution in [0.5, 0.6) is 5.88 Å². The van der Waals surface area contributed by atoms with Crippen LogP contribution in [0.1, 0.15) is 84.5 Å². The van der Waals surface area contributed by atoms with Crippen molar-refractivity contribution in [3.63, 3.8) is 0 Å². The molecule has 8 nitrogen and oxygen atoms in total. The van der Waals surface area contributed by atoms with Crippen molar-refractivity contribution >= 4 is 29.2 Å². The van der Waals surface area contributed by atoms with Crippen molar-refractivity contribution in [2.75, 3.05) is 6.61 Å². The van der Waals surface area contributed by atoms with Crippen molar-refractivity contribution < 1.29 is 37.1 Å². The first-order valence-corrected chi connectivity index (χ1v) is 14.1. The molecule has 0 atom stereocenters. The van der Waals surface area contributed by atoms with Crippen LogP contribution in [0.15, 0.2) is 29.2 Å². The van der Waals surface area contributed by atoms with Crippen LogP contribution in [0.4, 0.5) is 13.2 Å². The maximum atomic E-state index is 13.6. The van der Waals surface area contributed by atoms with Crippen LogP contribution < -0.4 is 4.74 Å². The number of pyridine rings is 2. The smallest absolute Gasteiger partial charge is 0.421 e. The van der Waals surface area contributed by atoms with Crippen molar-refractivity contribution in [2.45, 2.75) is 75.7 Å². The molecule has 3 heterocycles. The third-order valence-electron chi connectivity index (χ3n) is 8.63. The van der Waals surface area contributed by atoms with Crippen LogP contribution in [-0.4, -0.2) is 38.4 Å². The van der Waals surface area contributed by atoms with Gasteiger partial charge in [-0.15, -0.1) is 0 Å². The van der Waals surface area contributed by atoms with E-state index in [2.05, 4.69) is 15.1 Å². The van der Waals surface area contributed by atoms with Crippen LogP contribution in [-0.2, 0) is 17.5 Å². The van der Waals surface area contributed by atoms with E-state index in [0.717, 1.165) is 68.9 Å². The third-order valence-corrected chi connectivity index (χ3v) is 9.20. The molecule has 0 aromatic carbocycles. The first kappa shape index (κ1) is 28.2. The summed E-state index contributed by atoms with van der Waals surface area (Å²) in [5, 5.41) is 14.1. The number of rotatable bonds is 9. The molecule has 0 amide bonds. The summed E-state index contributed by atoms with van der Waals surface area (Å²) in [4.78, 5) is 18.9. The van der Waals surface area contributed by atoms with Gasteiger partial charge in [0.05, 0.1) is 34.4 Å². The van der Waals surface area contributed by atoms with E-state index in [9.17, 15) is 18.0 Å². The van der Waals surface area contributed by atoms with Crippen molar-refractivity contribution in [3.05, 3.63) is 57.2 Å². The molecule has 0 spiro atoms. The largest absolute Gasteiger partial charge is 0.478 e. The highest BCUT2D eigenvalue weighted by molar-refractivity contribution is 6.38. The first-order valence-electron chi connectivity index (χ1n) is 13.3. The summed E-state index contributed by atoms with van der Waals surface area (Å²) in [5.74, 6) is -1.01. The third kappa shape index (κ3) is 5.51. The Bertz CT molecular complexity index is 1450.